The molecule has 0 aliphatic carbocycles. The number of nitrogens with one attached hydrogen (secondary N) is 1. The van der Waals surface area contributed by atoms with Gasteiger partial charge < -0.3 is 24.8 Å². The van der Waals surface area contributed by atoms with Gasteiger partial charge in [-0.2, -0.15) is 5.10 Å². The molecule has 3 N–H and O–H groups in total. The zero-order valence-corrected chi connectivity index (χ0v) is 19.0. The molecular weight excluding hydrogens is 481 g/mol. The monoisotopic (exact) mass is 499 g/mol. The van der Waals surface area contributed by atoms with Crippen molar-refractivity contribution in [1.29, 1.82) is 0 Å². The number of rotatable bonds is 3. The molecule has 6 rings (SSSR count). The van der Waals surface area contributed by atoms with Crippen LogP contribution in [0, 0.1) is 5.82 Å². The average Bonchev–Trinajstić information content (AvgIpc) is 3.55. The van der Waals surface area contributed by atoms with Crippen LogP contribution in [0.3, 0.4) is 0 Å². The van der Waals surface area contributed by atoms with E-state index in [1.807, 2.05) is 6.07 Å². The molecule has 1 saturated heterocycles. The van der Waals surface area contributed by atoms with Crippen molar-refractivity contribution < 1.29 is 28.2 Å². The molecule has 2 amide bonds. The van der Waals surface area contributed by atoms with Crippen molar-refractivity contribution in [2.75, 3.05) is 30.9 Å². The van der Waals surface area contributed by atoms with E-state index in [0.29, 0.717) is 23.0 Å². The minimum absolute atomic E-state index is 0.0142. The molecule has 10 nitrogen and oxygen atoms in total. The third-order valence-electron chi connectivity index (χ3n) is 6.42. The van der Waals surface area contributed by atoms with Crippen molar-refractivity contribution in [2.24, 2.45) is 0 Å². The second-order valence-corrected chi connectivity index (χ2v) is 8.95. The highest BCUT2D eigenvalue weighted by Gasteiger charge is 2.50. The summed E-state index contributed by atoms with van der Waals surface area (Å²) in [4.78, 5) is 26.8. The summed E-state index contributed by atoms with van der Waals surface area (Å²) in [6, 6.07) is 9.96. The number of carbonyl (C=O) groups is 2. The minimum atomic E-state index is -1.32. The number of amides is 2. The van der Waals surface area contributed by atoms with Gasteiger partial charge in [0, 0.05) is 24.6 Å². The number of fused-ring (bicyclic) bond motifs is 3. The quantitative estimate of drug-likeness (QED) is 0.567. The maximum Gasteiger partial charge on any atom is 0.412 e. The molecular formula is C23H19ClFN5O5. The summed E-state index contributed by atoms with van der Waals surface area (Å²) >= 11 is 5.99. The lowest BCUT2D eigenvalue weighted by atomic mass is 9.89. The van der Waals surface area contributed by atoms with E-state index < -0.39 is 17.5 Å². The molecule has 0 saturated carbocycles. The van der Waals surface area contributed by atoms with Crippen molar-refractivity contribution in [3.8, 4) is 22.8 Å². The van der Waals surface area contributed by atoms with Gasteiger partial charge in [0.15, 0.2) is 22.9 Å². The molecule has 3 aliphatic heterocycles. The van der Waals surface area contributed by atoms with E-state index in [-0.39, 0.29) is 55.0 Å². The lowest BCUT2D eigenvalue weighted by Gasteiger charge is -2.35. The summed E-state index contributed by atoms with van der Waals surface area (Å²) in [6.07, 6.45) is -0.480. The number of carbonyl (C=O) groups excluding carboxylic acids is 2. The Balaban J connectivity index is 1.23. The number of hydrogen-bond acceptors (Lipinski definition) is 7. The number of benzene rings is 2. The molecule has 12 heteroatoms. The maximum absolute atomic E-state index is 15.0. The van der Waals surface area contributed by atoms with Crippen LogP contribution in [-0.4, -0.2) is 46.6 Å². The molecule has 0 unspecified atom stereocenters. The molecule has 0 radical (unpaired) electrons. The smallest absolute Gasteiger partial charge is 0.412 e. The van der Waals surface area contributed by atoms with E-state index in [1.165, 1.54) is 21.7 Å². The first-order valence-corrected chi connectivity index (χ1v) is 11.2. The lowest BCUT2D eigenvalue weighted by Crippen LogP contribution is -2.44. The van der Waals surface area contributed by atoms with Crippen LogP contribution in [0.25, 0.3) is 11.3 Å². The van der Waals surface area contributed by atoms with Gasteiger partial charge in [0.25, 0.3) is 0 Å². The van der Waals surface area contributed by atoms with Crippen molar-refractivity contribution in [3.05, 3.63) is 52.8 Å². The Kier molecular flexibility index (Phi) is 4.78. The fraction of sp³-hybridized carbons (Fsp3) is 0.261. The van der Waals surface area contributed by atoms with Crippen LogP contribution in [0.4, 0.5) is 20.7 Å². The second-order valence-electron chi connectivity index (χ2n) is 8.54. The number of aromatic nitrogens is 2. The summed E-state index contributed by atoms with van der Waals surface area (Å²) in [5, 5.41) is 6.87. The summed E-state index contributed by atoms with van der Waals surface area (Å²) < 4.78 is 32.6. The number of anilines is 2. The molecule has 2 aromatic carbocycles. The van der Waals surface area contributed by atoms with Crippen LogP contribution in [0.15, 0.2) is 36.4 Å². The molecule has 180 valence electrons. The molecule has 1 atom stereocenters. The molecule has 0 bridgehead atoms. The van der Waals surface area contributed by atoms with Gasteiger partial charge in [0.1, 0.15) is 12.4 Å². The Morgan fingerprint density at radius 3 is 2.91 bits per heavy atom. The minimum Gasteiger partial charge on any atom is -0.454 e. The number of ether oxygens (including phenoxy) is 3. The third-order valence-corrected chi connectivity index (χ3v) is 6.72. The van der Waals surface area contributed by atoms with Crippen LogP contribution in [0.2, 0.25) is 5.02 Å². The Morgan fingerprint density at radius 1 is 1.23 bits per heavy atom. The Hall–Kier alpha value is -3.99. The van der Waals surface area contributed by atoms with Crippen molar-refractivity contribution in [1.82, 2.24) is 14.7 Å². The van der Waals surface area contributed by atoms with Gasteiger partial charge in [-0.25, -0.2) is 13.9 Å². The first kappa shape index (κ1) is 21.5. The Morgan fingerprint density at radius 2 is 2.06 bits per heavy atom. The van der Waals surface area contributed by atoms with Crippen LogP contribution in [0.1, 0.15) is 12.0 Å². The number of halogens is 2. The summed E-state index contributed by atoms with van der Waals surface area (Å²) in [6.45, 7) is 0.268. The molecule has 3 aliphatic rings. The number of hydrogen-bond donors (Lipinski definition) is 2. The van der Waals surface area contributed by atoms with E-state index >= 15 is 0 Å². The van der Waals surface area contributed by atoms with Crippen molar-refractivity contribution in [3.63, 3.8) is 0 Å². The Bertz CT molecular complexity index is 1390. The summed E-state index contributed by atoms with van der Waals surface area (Å²) in [5.41, 5.74) is 6.56. The summed E-state index contributed by atoms with van der Waals surface area (Å²) in [7, 11) is 0. The van der Waals surface area contributed by atoms with E-state index in [0.717, 1.165) is 5.56 Å². The summed E-state index contributed by atoms with van der Waals surface area (Å²) in [5.74, 6) is 0.586. The van der Waals surface area contributed by atoms with Crippen molar-refractivity contribution in [2.45, 2.75) is 18.6 Å². The zero-order chi connectivity index (χ0) is 24.3. The topological polar surface area (TPSA) is 121 Å². The highest BCUT2D eigenvalue weighted by atomic mass is 35.5. The SMILES string of the molecule is Nc1cc(-c2ccc3c(c2)OCO3)nn1CC(=O)N1CC[C@@]2(C1)OC(=O)Nc1ccc(Cl)c(F)c12. The van der Waals surface area contributed by atoms with E-state index in [2.05, 4.69) is 10.4 Å². The highest BCUT2D eigenvalue weighted by Crippen LogP contribution is 2.45. The van der Waals surface area contributed by atoms with Gasteiger partial charge in [0.2, 0.25) is 12.7 Å². The van der Waals surface area contributed by atoms with Crippen LogP contribution in [0.5, 0.6) is 11.5 Å². The molecule has 3 aromatic rings. The van der Waals surface area contributed by atoms with Gasteiger partial charge in [-0.3, -0.25) is 10.1 Å². The van der Waals surface area contributed by atoms with Crippen molar-refractivity contribution >= 4 is 35.1 Å². The molecule has 1 fully saturated rings. The first-order valence-electron chi connectivity index (χ1n) is 10.8. The van der Waals surface area contributed by atoms with Gasteiger partial charge in [-0.15, -0.1) is 0 Å². The normalized spacial score (nSPS) is 20.1. The molecule has 4 heterocycles. The van der Waals surface area contributed by atoms with Gasteiger partial charge in [-0.05, 0) is 30.3 Å². The predicted molar refractivity (Wildman–Crippen MR) is 123 cm³/mol. The van der Waals surface area contributed by atoms with Crippen LogP contribution in [-0.2, 0) is 21.7 Å². The Labute approximate surface area is 203 Å². The van der Waals surface area contributed by atoms with E-state index in [1.54, 1.807) is 18.2 Å². The standard InChI is InChI=1S/C23H19ClFN5O5/c24-13-2-3-14-20(21(13)25)23(35-22(32)27-14)5-6-29(10-23)19(31)9-30-18(26)8-15(28-30)12-1-4-16-17(7-12)34-11-33-16/h1-4,7-8H,5-6,9-11,26H2,(H,27,32)/t23-/m0/s1. The number of nitrogen functional groups attached to an aromatic ring is 1. The number of nitrogens with zero attached hydrogens (tertiary/aromatic N) is 3. The maximum atomic E-state index is 15.0. The second kappa shape index (κ2) is 7.77. The molecule has 1 spiro atoms. The van der Waals surface area contributed by atoms with E-state index in [9.17, 15) is 14.0 Å². The largest absolute Gasteiger partial charge is 0.454 e. The fourth-order valence-corrected chi connectivity index (χ4v) is 4.89. The van der Waals surface area contributed by atoms with Crippen LogP contribution < -0.4 is 20.5 Å². The molecule has 35 heavy (non-hydrogen) atoms. The first-order chi connectivity index (χ1) is 16.8. The van der Waals surface area contributed by atoms with Gasteiger partial charge >= 0.3 is 6.09 Å². The fourth-order valence-electron chi connectivity index (χ4n) is 4.73. The van der Waals surface area contributed by atoms with Gasteiger partial charge in [-0.1, -0.05) is 11.6 Å². The zero-order valence-electron chi connectivity index (χ0n) is 18.2. The molecule has 1 aromatic heterocycles. The number of nitrogens with two attached hydrogens (primary N) is 1. The average molecular weight is 500 g/mol. The van der Waals surface area contributed by atoms with Crippen LogP contribution >= 0.6 is 11.6 Å². The van der Waals surface area contributed by atoms with Gasteiger partial charge in [0.05, 0.1) is 28.5 Å². The predicted octanol–water partition coefficient (Wildman–Crippen LogP) is 3.34. The van der Waals surface area contributed by atoms with E-state index in [4.69, 9.17) is 31.5 Å². The highest BCUT2D eigenvalue weighted by molar-refractivity contribution is 6.31. The number of likely N-dealkylation sites (tertiary alicyclic amines) is 1. The third kappa shape index (κ3) is 3.50. The lowest BCUT2D eigenvalue weighted by molar-refractivity contribution is -0.132.